The van der Waals surface area contributed by atoms with Crippen LogP contribution in [0.4, 0.5) is 5.69 Å². The zero-order valence-electron chi connectivity index (χ0n) is 21.2. The molecule has 1 unspecified atom stereocenters. The molecule has 190 valence electrons. The monoisotopic (exact) mass is 503 g/mol. The first-order chi connectivity index (χ1) is 18.7. The number of hydrogen-bond donors (Lipinski definition) is 1. The van der Waals surface area contributed by atoms with Crippen molar-refractivity contribution in [1.29, 1.82) is 0 Å². The van der Waals surface area contributed by atoms with Gasteiger partial charge in [0, 0.05) is 72.9 Å². The molecule has 6 nitrogen and oxygen atoms in total. The van der Waals surface area contributed by atoms with Crippen LogP contribution in [0.25, 0.3) is 0 Å². The summed E-state index contributed by atoms with van der Waals surface area (Å²) in [5, 5.41) is 3.53. The molecule has 7 rings (SSSR count). The Bertz CT molecular complexity index is 1510. The quantitative estimate of drug-likeness (QED) is 0.274. The number of carbonyl (C=O) groups is 1. The lowest BCUT2D eigenvalue weighted by molar-refractivity contribution is 0.0224. The molecule has 3 aliphatic rings. The zero-order valence-corrected chi connectivity index (χ0v) is 21.2. The van der Waals surface area contributed by atoms with Gasteiger partial charge in [-0.3, -0.25) is 4.98 Å². The highest BCUT2D eigenvalue weighted by Gasteiger charge is 2.53. The van der Waals surface area contributed by atoms with E-state index in [1.54, 1.807) is 0 Å². The fourth-order valence-electron chi connectivity index (χ4n) is 5.99. The molecule has 1 saturated heterocycles. The van der Waals surface area contributed by atoms with Crippen molar-refractivity contribution in [3.8, 4) is 11.5 Å². The van der Waals surface area contributed by atoms with Crippen molar-refractivity contribution in [2.75, 3.05) is 24.5 Å². The third-order valence-electron chi connectivity index (χ3n) is 7.84. The SMILES string of the molecule is O=C1OC2(c3ccc(N4CCCC4)cc3Oc3ccc(CNCCc4ccccn4)cc32)c2ccccc21. The minimum Gasteiger partial charge on any atom is -0.456 e. The number of anilines is 1. The van der Waals surface area contributed by atoms with E-state index in [9.17, 15) is 4.79 Å². The van der Waals surface area contributed by atoms with Crippen LogP contribution in [0.5, 0.6) is 11.5 Å². The van der Waals surface area contributed by atoms with E-state index in [0.29, 0.717) is 12.1 Å². The summed E-state index contributed by atoms with van der Waals surface area (Å²) < 4.78 is 12.9. The molecule has 1 spiro atoms. The summed E-state index contributed by atoms with van der Waals surface area (Å²) in [4.78, 5) is 20.0. The van der Waals surface area contributed by atoms with Gasteiger partial charge < -0.3 is 19.7 Å². The Morgan fingerprint density at radius 3 is 2.61 bits per heavy atom. The van der Waals surface area contributed by atoms with E-state index in [2.05, 4.69) is 45.5 Å². The van der Waals surface area contributed by atoms with E-state index in [-0.39, 0.29) is 5.97 Å². The van der Waals surface area contributed by atoms with Crippen LogP contribution in [-0.2, 0) is 23.3 Å². The topological polar surface area (TPSA) is 63.7 Å². The zero-order chi connectivity index (χ0) is 25.5. The highest BCUT2D eigenvalue weighted by molar-refractivity contribution is 5.97. The number of nitrogens with zero attached hydrogens (tertiary/aromatic N) is 2. The average Bonchev–Trinajstić information content (AvgIpc) is 3.60. The molecular weight excluding hydrogens is 474 g/mol. The minimum atomic E-state index is -1.04. The standard InChI is InChI=1S/C32H29N3O3/c36-31-25-8-1-2-9-26(25)32(38-31)27-12-11-24(35-17-5-6-18-35)20-30(27)37-29-13-10-22(19-28(29)32)21-33-16-14-23-7-3-4-15-34-23/h1-4,7-13,15,19-20,33H,5-6,14,16-18,21H2. The molecule has 1 atom stereocenters. The molecule has 3 aliphatic heterocycles. The molecule has 0 radical (unpaired) electrons. The van der Waals surface area contributed by atoms with E-state index in [1.807, 2.05) is 54.7 Å². The van der Waals surface area contributed by atoms with Gasteiger partial charge in [-0.25, -0.2) is 4.79 Å². The number of fused-ring (bicyclic) bond motifs is 6. The first-order valence-corrected chi connectivity index (χ1v) is 13.4. The van der Waals surface area contributed by atoms with Crippen LogP contribution in [-0.4, -0.2) is 30.6 Å². The van der Waals surface area contributed by atoms with Crippen LogP contribution < -0.4 is 15.0 Å². The normalized spacial score (nSPS) is 19.1. The van der Waals surface area contributed by atoms with E-state index in [1.165, 1.54) is 12.8 Å². The number of carbonyl (C=O) groups excluding carboxylic acids is 1. The smallest absolute Gasteiger partial charge is 0.340 e. The van der Waals surface area contributed by atoms with Gasteiger partial charge in [0.2, 0.25) is 0 Å². The molecular formula is C32H29N3O3. The third kappa shape index (κ3) is 3.75. The predicted octanol–water partition coefficient (Wildman–Crippen LogP) is 5.58. The molecule has 3 aromatic carbocycles. The summed E-state index contributed by atoms with van der Waals surface area (Å²) in [6, 6.07) is 26.2. The van der Waals surface area contributed by atoms with Gasteiger partial charge in [-0.15, -0.1) is 0 Å². The van der Waals surface area contributed by atoms with Gasteiger partial charge in [-0.2, -0.15) is 0 Å². The predicted molar refractivity (Wildman–Crippen MR) is 146 cm³/mol. The van der Waals surface area contributed by atoms with Gasteiger partial charge in [0.25, 0.3) is 0 Å². The summed E-state index contributed by atoms with van der Waals surface area (Å²) in [7, 11) is 0. The first-order valence-electron chi connectivity index (χ1n) is 13.4. The fourth-order valence-corrected chi connectivity index (χ4v) is 5.99. The van der Waals surface area contributed by atoms with E-state index in [4.69, 9.17) is 9.47 Å². The lowest BCUT2D eigenvalue weighted by Crippen LogP contribution is -2.33. The lowest BCUT2D eigenvalue weighted by atomic mass is 9.77. The van der Waals surface area contributed by atoms with Crippen LogP contribution >= 0.6 is 0 Å². The molecule has 0 aliphatic carbocycles. The highest BCUT2D eigenvalue weighted by atomic mass is 16.6. The number of hydrogen-bond acceptors (Lipinski definition) is 6. The molecule has 1 N–H and O–H groups in total. The Labute approximate surface area is 222 Å². The van der Waals surface area contributed by atoms with Gasteiger partial charge in [-0.1, -0.05) is 30.3 Å². The molecule has 6 heteroatoms. The maximum Gasteiger partial charge on any atom is 0.340 e. The number of benzene rings is 3. The van der Waals surface area contributed by atoms with Crippen molar-refractivity contribution in [3.63, 3.8) is 0 Å². The number of pyridine rings is 1. The highest BCUT2D eigenvalue weighted by Crippen LogP contribution is 2.56. The second-order valence-corrected chi connectivity index (χ2v) is 10.2. The molecule has 0 bridgehead atoms. The Hall–Kier alpha value is -4.16. The summed E-state index contributed by atoms with van der Waals surface area (Å²) in [6.07, 6.45) is 5.09. The Morgan fingerprint density at radius 1 is 0.868 bits per heavy atom. The van der Waals surface area contributed by atoms with Gasteiger partial charge in [0.1, 0.15) is 11.5 Å². The van der Waals surface area contributed by atoms with Crippen molar-refractivity contribution in [2.24, 2.45) is 0 Å². The van der Waals surface area contributed by atoms with E-state index in [0.717, 1.165) is 71.2 Å². The van der Waals surface area contributed by atoms with Gasteiger partial charge in [0.15, 0.2) is 5.60 Å². The Kier molecular flexibility index (Phi) is 5.63. The average molecular weight is 504 g/mol. The van der Waals surface area contributed by atoms with Crippen LogP contribution in [0.2, 0.25) is 0 Å². The minimum absolute atomic E-state index is 0.304. The number of rotatable bonds is 6. The number of esters is 1. The molecule has 38 heavy (non-hydrogen) atoms. The molecule has 4 heterocycles. The van der Waals surface area contributed by atoms with Crippen LogP contribution in [0.1, 0.15) is 51.1 Å². The number of ether oxygens (including phenoxy) is 2. The maximum absolute atomic E-state index is 13.2. The third-order valence-corrected chi connectivity index (χ3v) is 7.84. The summed E-state index contributed by atoms with van der Waals surface area (Å²) in [5.41, 5.74) is 5.48. The van der Waals surface area contributed by atoms with Crippen molar-refractivity contribution >= 4 is 11.7 Å². The molecule has 1 fully saturated rings. The van der Waals surface area contributed by atoms with Crippen LogP contribution in [0.15, 0.2) is 85.1 Å². The molecule has 1 aromatic heterocycles. The van der Waals surface area contributed by atoms with Crippen LogP contribution in [0.3, 0.4) is 0 Å². The number of nitrogens with one attached hydrogen (secondary N) is 1. The summed E-state index contributed by atoms with van der Waals surface area (Å²) in [6.45, 7) is 3.60. The molecule has 4 aromatic rings. The fraction of sp³-hybridized carbons (Fsp3) is 0.250. The Balaban J connectivity index is 1.26. The summed E-state index contributed by atoms with van der Waals surface area (Å²) in [5.74, 6) is 1.16. The lowest BCUT2D eigenvalue weighted by Gasteiger charge is -2.37. The van der Waals surface area contributed by atoms with E-state index >= 15 is 0 Å². The van der Waals surface area contributed by atoms with Gasteiger partial charge in [-0.05, 0) is 60.9 Å². The maximum atomic E-state index is 13.2. The van der Waals surface area contributed by atoms with Crippen molar-refractivity contribution in [1.82, 2.24) is 10.3 Å². The van der Waals surface area contributed by atoms with Gasteiger partial charge >= 0.3 is 5.97 Å². The second kappa shape index (κ2) is 9.30. The first kappa shape index (κ1) is 23.0. The molecule has 0 amide bonds. The van der Waals surface area contributed by atoms with Crippen molar-refractivity contribution < 1.29 is 14.3 Å². The van der Waals surface area contributed by atoms with Crippen molar-refractivity contribution in [3.05, 3.63) is 119 Å². The summed E-state index contributed by atoms with van der Waals surface area (Å²) >= 11 is 0. The van der Waals surface area contributed by atoms with Gasteiger partial charge in [0.05, 0.1) is 5.56 Å². The molecule has 0 saturated carbocycles. The number of aromatic nitrogens is 1. The van der Waals surface area contributed by atoms with Crippen molar-refractivity contribution in [2.45, 2.75) is 31.4 Å². The van der Waals surface area contributed by atoms with E-state index < -0.39 is 5.60 Å². The second-order valence-electron chi connectivity index (χ2n) is 10.2. The largest absolute Gasteiger partial charge is 0.456 e. The Morgan fingerprint density at radius 2 is 1.74 bits per heavy atom. The van der Waals surface area contributed by atoms with Crippen LogP contribution in [0, 0.1) is 0 Å².